The van der Waals surface area contributed by atoms with E-state index in [4.69, 9.17) is 0 Å². The van der Waals surface area contributed by atoms with Gasteiger partial charge in [-0.1, -0.05) is 36.4 Å². The number of hydrogen-bond acceptors (Lipinski definition) is 3. The summed E-state index contributed by atoms with van der Waals surface area (Å²) in [6.45, 7) is 8.01. The molecular formula is C20H25N3O2. The van der Waals surface area contributed by atoms with Crippen molar-refractivity contribution in [1.82, 2.24) is 5.43 Å². The van der Waals surface area contributed by atoms with E-state index in [0.717, 1.165) is 35.4 Å². The number of carbonyl (C=O) groups excluding carboxylic acids is 2. The number of nitrogens with one attached hydrogen (secondary N) is 2. The van der Waals surface area contributed by atoms with Crippen molar-refractivity contribution in [2.75, 3.05) is 5.32 Å². The number of rotatable bonds is 6. The zero-order valence-electron chi connectivity index (χ0n) is 14.8. The van der Waals surface area contributed by atoms with Crippen LogP contribution in [0.15, 0.2) is 59.2 Å². The van der Waals surface area contributed by atoms with Crippen LogP contribution in [0, 0.1) is 5.92 Å². The molecule has 2 rings (SSSR count). The maximum Gasteiger partial charge on any atom is 0.240 e. The molecule has 0 unspecified atom stereocenters. The van der Waals surface area contributed by atoms with Crippen LogP contribution in [0.2, 0.25) is 0 Å². The summed E-state index contributed by atoms with van der Waals surface area (Å²) in [5, 5.41) is 6.99. The Balaban J connectivity index is 1.80. The molecule has 25 heavy (non-hydrogen) atoms. The van der Waals surface area contributed by atoms with Crippen molar-refractivity contribution in [2.45, 2.75) is 39.5 Å². The van der Waals surface area contributed by atoms with Gasteiger partial charge in [-0.05, 0) is 50.3 Å². The minimum atomic E-state index is -0.263. The second-order valence-electron chi connectivity index (χ2n) is 6.38. The van der Waals surface area contributed by atoms with Crippen molar-refractivity contribution in [1.29, 1.82) is 0 Å². The predicted octanol–water partition coefficient (Wildman–Crippen LogP) is 3.81. The van der Waals surface area contributed by atoms with Gasteiger partial charge in [0.15, 0.2) is 0 Å². The molecule has 2 amide bonds. The fourth-order valence-corrected chi connectivity index (χ4v) is 2.58. The van der Waals surface area contributed by atoms with Gasteiger partial charge in [0.25, 0.3) is 0 Å². The zero-order chi connectivity index (χ0) is 18.2. The Hall–Kier alpha value is -2.69. The highest BCUT2D eigenvalue weighted by Gasteiger charge is 2.18. The normalized spacial score (nSPS) is 18.4. The van der Waals surface area contributed by atoms with Crippen LogP contribution in [0.5, 0.6) is 0 Å². The smallest absolute Gasteiger partial charge is 0.240 e. The van der Waals surface area contributed by atoms with Gasteiger partial charge >= 0.3 is 0 Å². The molecule has 0 radical (unpaired) electrons. The Morgan fingerprint density at radius 2 is 1.88 bits per heavy atom. The summed E-state index contributed by atoms with van der Waals surface area (Å²) in [4.78, 5) is 23.8. The van der Waals surface area contributed by atoms with Crippen molar-refractivity contribution < 1.29 is 9.59 Å². The van der Waals surface area contributed by atoms with Crippen LogP contribution in [-0.2, 0) is 9.59 Å². The Morgan fingerprint density at radius 3 is 2.56 bits per heavy atom. The zero-order valence-corrected chi connectivity index (χ0v) is 14.8. The first-order valence-electron chi connectivity index (χ1n) is 8.48. The van der Waals surface area contributed by atoms with Crippen LogP contribution in [0.25, 0.3) is 0 Å². The molecular weight excluding hydrogens is 314 g/mol. The third-order valence-electron chi connectivity index (χ3n) is 4.25. The summed E-state index contributed by atoms with van der Waals surface area (Å²) in [5.41, 5.74) is 6.37. The van der Waals surface area contributed by atoms with Crippen LogP contribution in [0.3, 0.4) is 0 Å². The third kappa shape index (κ3) is 6.03. The summed E-state index contributed by atoms with van der Waals surface area (Å²) in [6, 6.07) is 9.18. The summed E-state index contributed by atoms with van der Waals surface area (Å²) in [5.74, 6) is -0.0814. The Morgan fingerprint density at radius 1 is 1.20 bits per heavy atom. The first-order chi connectivity index (χ1) is 12.0. The number of para-hydroxylation sites is 1. The van der Waals surface area contributed by atoms with Crippen molar-refractivity contribution >= 4 is 23.2 Å². The Bertz CT molecular complexity index is 705. The van der Waals surface area contributed by atoms with Gasteiger partial charge in [-0.15, -0.1) is 0 Å². The summed E-state index contributed by atoms with van der Waals surface area (Å²) < 4.78 is 0. The van der Waals surface area contributed by atoms with Crippen molar-refractivity contribution in [3.8, 4) is 0 Å². The largest absolute Gasteiger partial charge is 0.326 e. The molecule has 1 aromatic rings. The van der Waals surface area contributed by atoms with Crippen molar-refractivity contribution in [3.63, 3.8) is 0 Å². The second-order valence-corrected chi connectivity index (χ2v) is 6.38. The lowest BCUT2D eigenvalue weighted by molar-refractivity contribution is -0.124. The molecule has 1 aliphatic rings. The van der Waals surface area contributed by atoms with Crippen molar-refractivity contribution in [2.24, 2.45) is 11.0 Å². The maximum absolute atomic E-state index is 11.9. The number of benzene rings is 1. The van der Waals surface area contributed by atoms with E-state index in [-0.39, 0.29) is 24.7 Å². The number of nitrogens with zero attached hydrogens (tertiary/aromatic N) is 1. The lowest BCUT2D eigenvalue weighted by Gasteiger charge is -2.22. The first kappa shape index (κ1) is 18.6. The molecule has 0 heterocycles. The molecule has 0 bridgehead atoms. The van der Waals surface area contributed by atoms with Crippen molar-refractivity contribution in [3.05, 3.63) is 54.1 Å². The van der Waals surface area contributed by atoms with Crippen LogP contribution in [-0.4, -0.2) is 17.5 Å². The van der Waals surface area contributed by atoms with E-state index in [9.17, 15) is 9.59 Å². The van der Waals surface area contributed by atoms with Gasteiger partial charge < -0.3 is 5.32 Å². The van der Waals surface area contributed by atoms with E-state index in [1.54, 1.807) is 12.1 Å². The molecule has 0 aromatic heterocycles. The molecule has 0 aliphatic heterocycles. The quantitative estimate of drug-likeness (QED) is 0.611. The van der Waals surface area contributed by atoms with E-state index in [1.807, 2.05) is 32.0 Å². The predicted molar refractivity (Wildman–Crippen MR) is 101 cm³/mol. The molecule has 1 aromatic carbocycles. The summed E-state index contributed by atoms with van der Waals surface area (Å²) >= 11 is 0. The molecule has 1 atom stereocenters. The molecule has 2 N–H and O–H groups in total. The number of hydrogen-bond donors (Lipinski definition) is 2. The van der Waals surface area contributed by atoms with E-state index in [1.165, 1.54) is 0 Å². The highest BCUT2D eigenvalue weighted by atomic mass is 16.2. The number of hydrazone groups is 1. The van der Waals surface area contributed by atoms with Crippen LogP contribution < -0.4 is 10.7 Å². The average molecular weight is 339 g/mol. The molecule has 0 fully saturated rings. The summed E-state index contributed by atoms with van der Waals surface area (Å²) in [7, 11) is 0. The van der Waals surface area contributed by atoms with E-state index < -0.39 is 0 Å². The van der Waals surface area contributed by atoms with Gasteiger partial charge in [0, 0.05) is 18.5 Å². The van der Waals surface area contributed by atoms with E-state index >= 15 is 0 Å². The lowest BCUT2D eigenvalue weighted by atomic mass is 9.85. The molecule has 132 valence electrons. The fourth-order valence-electron chi connectivity index (χ4n) is 2.58. The van der Waals surface area contributed by atoms with Gasteiger partial charge in [-0.3, -0.25) is 9.59 Å². The molecule has 0 spiro atoms. The van der Waals surface area contributed by atoms with Gasteiger partial charge in [0.2, 0.25) is 11.8 Å². The van der Waals surface area contributed by atoms with Crippen LogP contribution >= 0.6 is 0 Å². The lowest BCUT2D eigenvalue weighted by Crippen LogP contribution is -2.24. The standard InChI is InChI=1S/C20H25N3O2/c1-14(2)16-10-9-15(3)18(13-16)22-23-20(25)12-11-19(24)21-17-7-5-4-6-8-17/h4-9,16H,1,10-13H2,2-3H3,(H,21,24)(H,23,25)/b22-18-/t16-/m0/s1. The van der Waals surface area contributed by atoms with Gasteiger partial charge in [-0.25, -0.2) is 5.43 Å². The van der Waals surface area contributed by atoms with Crippen LogP contribution in [0.4, 0.5) is 5.69 Å². The number of allylic oxidation sites excluding steroid dienone is 3. The van der Waals surface area contributed by atoms with Gasteiger partial charge in [0.05, 0.1) is 5.71 Å². The highest BCUT2D eigenvalue weighted by molar-refractivity contribution is 6.01. The fraction of sp³-hybridized carbons (Fsp3) is 0.350. The van der Waals surface area contributed by atoms with Gasteiger partial charge in [0.1, 0.15) is 0 Å². The SMILES string of the molecule is C=C(C)[C@H]1CC=C(C)/C(=N\NC(=O)CCC(=O)Nc2ccccc2)C1. The Labute approximate surface area is 148 Å². The minimum Gasteiger partial charge on any atom is -0.326 e. The molecule has 5 heteroatoms. The molecule has 0 saturated heterocycles. The average Bonchev–Trinajstić information content (AvgIpc) is 2.60. The molecule has 0 saturated carbocycles. The number of carbonyl (C=O) groups is 2. The second kappa shape index (κ2) is 8.97. The Kier molecular flexibility index (Phi) is 6.69. The molecule has 1 aliphatic carbocycles. The van der Waals surface area contributed by atoms with Crippen LogP contribution in [0.1, 0.15) is 39.5 Å². The maximum atomic E-state index is 11.9. The van der Waals surface area contributed by atoms with E-state index in [0.29, 0.717) is 5.92 Å². The minimum absolute atomic E-state index is 0.0993. The third-order valence-corrected chi connectivity index (χ3v) is 4.25. The van der Waals surface area contributed by atoms with Gasteiger partial charge in [-0.2, -0.15) is 5.10 Å². The molecule has 5 nitrogen and oxygen atoms in total. The topological polar surface area (TPSA) is 70.6 Å². The number of anilines is 1. The highest BCUT2D eigenvalue weighted by Crippen LogP contribution is 2.26. The first-order valence-corrected chi connectivity index (χ1v) is 8.48. The summed E-state index contributed by atoms with van der Waals surface area (Å²) in [6.07, 6.45) is 4.10. The number of amides is 2. The van der Waals surface area contributed by atoms with E-state index in [2.05, 4.69) is 28.5 Å². The monoisotopic (exact) mass is 339 g/mol.